The maximum Gasteiger partial charge on any atom is 0.309 e. The van der Waals surface area contributed by atoms with Gasteiger partial charge >= 0.3 is 5.97 Å². The van der Waals surface area contributed by atoms with Crippen LogP contribution in [-0.4, -0.2) is 79.6 Å². The van der Waals surface area contributed by atoms with E-state index in [-0.39, 0.29) is 17.8 Å². The van der Waals surface area contributed by atoms with Crippen LogP contribution in [0.15, 0.2) is 29.6 Å². The lowest BCUT2D eigenvalue weighted by Gasteiger charge is -2.36. The number of hydrogen-bond acceptors (Lipinski definition) is 8. The van der Waals surface area contributed by atoms with Gasteiger partial charge in [-0.1, -0.05) is 12.1 Å². The fourth-order valence-corrected chi connectivity index (χ4v) is 5.26. The first-order valence-corrected chi connectivity index (χ1v) is 12.5. The minimum absolute atomic E-state index is 0.0409. The number of para-hydroxylation sites is 2. The van der Waals surface area contributed by atoms with Crippen LogP contribution in [0.4, 0.5) is 5.69 Å². The molecule has 8 nitrogen and oxygen atoms in total. The summed E-state index contributed by atoms with van der Waals surface area (Å²) in [5, 5.41) is 2.82. The zero-order chi connectivity index (χ0) is 23.2. The van der Waals surface area contributed by atoms with Gasteiger partial charge in [-0.15, -0.1) is 11.3 Å². The lowest BCUT2D eigenvalue weighted by molar-refractivity contribution is -0.149. The number of hydrogen-bond donors (Lipinski definition) is 0. The predicted octanol–water partition coefficient (Wildman–Crippen LogP) is 2.89. The third-order valence-electron chi connectivity index (χ3n) is 6.33. The molecule has 0 spiro atoms. The molecule has 3 heterocycles. The second-order valence-corrected chi connectivity index (χ2v) is 9.32. The lowest BCUT2D eigenvalue weighted by Crippen LogP contribution is -2.46. The summed E-state index contributed by atoms with van der Waals surface area (Å²) in [6.45, 7) is 7.82. The molecule has 0 N–H and O–H groups in total. The van der Waals surface area contributed by atoms with Gasteiger partial charge in [0, 0.05) is 44.6 Å². The Bertz CT molecular complexity index is 949. The molecule has 9 heteroatoms. The number of piperidine rings is 1. The van der Waals surface area contributed by atoms with Gasteiger partial charge in [0.05, 0.1) is 31.9 Å². The summed E-state index contributed by atoms with van der Waals surface area (Å²) in [6.07, 6.45) is 1.30. The zero-order valence-electron chi connectivity index (χ0n) is 19.4. The molecular weight excluding hydrogens is 440 g/mol. The van der Waals surface area contributed by atoms with E-state index in [9.17, 15) is 9.59 Å². The van der Waals surface area contributed by atoms with Crippen LogP contribution in [-0.2, 0) is 16.1 Å². The molecule has 0 bridgehead atoms. The van der Waals surface area contributed by atoms with Crippen LogP contribution in [0.2, 0.25) is 0 Å². The summed E-state index contributed by atoms with van der Waals surface area (Å²) in [5.74, 6) is 0.613. The van der Waals surface area contributed by atoms with Crippen LogP contribution in [0, 0.1) is 5.92 Å². The number of methoxy groups -OCH3 is 1. The fraction of sp³-hybridized carbons (Fsp3) is 0.542. The largest absolute Gasteiger partial charge is 0.495 e. The number of likely N-dealkylation sites (tertiary alicyclic amines) is 1. The molecule has 0 atom stereocenters. The number of carbonyl (C=O) groups is 2. The van der Waals surface area contributed by atoms with Crippen LogP contribution in [0.3, 0.4) is 0 Å². The summed E-state index contributed by atoms with van der Waals surface area (Å²) in [5.41, 5.74) is 1.64. The Kier molecular flexibility index (Phi) is 7.82. The van der Waals surface area contributed by atoms with Gasteiger partial charge in [0.25, 0.3) is 5.91 Å². The standard InChI is InChI=1S/C24H32N4O4S/c1-3-32-24(30)18-8-10-28(11-9-18)23(29)19-17-33-22(25-19)16-26-12-14-27(15-13-26)20-6-4-5-7-21(20)31-2/h4-7,17-18H,3,8-16H2,1-2H3. The molecular formula is C24H32N4O4S. The highest BCUT2D eigenvalue weighted by Gasteiger charge is 2.29. The average molecular weight is 473 g/mol. The highest BCUT2D eigenvalue weighted by atomic mass is 32.1. The van der Waals surface area contributed by atoms with Crippen molar-refractivity contribution in [3.8, 4) is 5.75 Å². The quantitative estimate of drug-likeness (QED) is 0.574. The SMILES string of the molecule is CCOC(=O)C1CCN(C(=O)c2csc(CN3CCN(c4ccccc4OC)CC3)n2)CC1. The van der Waals surface area contributed by atoms with Gasteiger partial charge in [-0.2, -0.15) is 0 Å². The summed E-state index contributed by atoms with van der Waals surface area (Å²) in [6, 6.07) is 8.12. The lowest BCUT2D eigenvalue weighted by atomic mass is 9.97. The smallest absolute Gasteiger partial charge is 0.309 e. The van der Waals surface area contributed by atoms with Crippen molar-refractivity contribution in [3.63, 3.8) is 0 Å². The van der Waals surface area contributed by atoms with Crippen LogP contribution < -0.4 is 9.64 Å². The van der Waals surface area contributed by atoms with Crippen molar-refractivity contribution in [2.24, 2.45) is 5.92 Å². The average Bonchev–Trinajstić information content (AvgIpc) is 3.32. The van der Waals surface area contributed by atoms with E-state index < -0.39 is 0 Å². The Morgan fingerprint density at radius 3 is 2.52 bits per heavy atom. The van der Waals surface area contributed by atoms with E-state index in [4.69, 9.17) is 9.47 Å². The number of benzene rings is 1. The molecule has 178 valence electrons. The van der Waals surface area contributed by atoms with Crippen LogP contribution in [0.5, 0.6) is 5.75 Å². The highest BCUT2D eigenvalue weighted by Crippen LogP contribution is 2.29. The Labute approximate surface area is 199 Å². The second-order valence-electron chi connectivity index (χ2n) is 8.38. The maximum absolute atomic E-state index is 12.9. The van der Waals surface area contributed by atoms with Crippen molar-refractivity contribution in [1.82, 2.24) is 14.8 Å². The highest BCUT2D eigenvalue weighted by molar-refractivity contribution is 7.09. The number of carbonyl (C=O) groups excluding carboxylic acids is 2. The van der Waals surface area contributed by atoms with E-state index in [0.717, 1.165) is 49.2 Å². The summed E-state index contributed by atoms with van der Waals surface area (Å²) >= 11 is 1.54. The third-order valence-corrected chi connectivity index (χ3v) is 7.16. The van der Waals surface area contributed by atoms with Gasteiger partial charge in [0.15, 0.2) is 0 Å². The molecule has 1 aromatic heterocycles. The number of amides is 1. The molecule has 2 saturated heterocycles. The van der Waals surface area contributed by atoms with Crippen LogP contribution in [0.25, 0.3) is 0 Å². The molecule has 2 aliphatic heterocycles. The van der Waals surface area contributed by atoms with Crippen molar-refractivity contribution in [2.75, 3.05) is 57.9 Å². The molecule has 1 amide bonds. The third kappa shape index (κ3) is 5.65. The first-order valence-electron chi connectivity index (χ1n) is 11.6. The normalized spacial score (nSPS) is 17.8. The fourth-order valence-electron chi connectivity index (χ4n) is 4.45. The molecule has 4 rings (SSSR count). The van der Waals surface area contributed by atoms with E-state index in [1.165, 1.54) is 0 Å². The maximum atomic E-state index is 12.9. The molecule has 2 fully saturated rings. The summed E-state index contributed by atoms with van der Waals surface area (Å²) in [4.78, 5) is 36.0. The van der Waals surface area contributed by atoms with Crippen molar-refractivity contribution in [2.45, 2.75) is 26.3 Å². The van der Waals surface area contributed by atoms with Crippen molar-refractivity contribution >= 4 is 28.9 Å². The van der Waals surface area contributed by atoms with Gasteiger partial charge < -0.3 is 19.3 Å². The van der Waals surface area contributed by atoms with E-state index >= 15 is 0 Å². The Morgan fingerprint density at radius 2 is 1.82 bits per heavy atom. The van der Waals surface area contributed by atoms with Gasteiger partial charge in [-0.3, -0.25) is 14.5 Å². The summed E-state index contributed by atoms with van der Waals surface area (Å²) in [7, 11) is 1.71. The molecule has 0 aliphatic carbocycles. The Hall–Kier alpha value is -2.65. The number of aromatic nitrogens is 1. The van der Waals surface area contributed by atoms with Gasteiger partial charge in [-0.05, 0) is 31.9 Å². The minimum atomic E-state index is -0.147. The number of nitrogens with zero attached hydrogens (tertiary/aromatic N) is 4. The minimum Gasteiger partial charge on any atom is -0.495 e. The molecule has 0 radical (unpaired) electrons. The number of ether oxygens (including phenoxy) is 2. The van der Waals surface area contributed by atoms with E-state index in [1.807, 2.05) is 30.5 Å². The molecule has 2 aromatic rings. The Balaban J connectivity index is 1.26. The topological polar surface area (TPSA) is 75.2 Å². The van der Waals surface area contributed by atoms with E-state index in [1.54, 1.807) is 23.3 Å². The first kappa shape index (κ1) is 23.5. The Morgan fingerprint density at radius 1 is 1.09 bits per heavy atom. The van der Waals surface area contributed by atoms with Crippen LogP contribution >= 0.6 is 11.3 Å². The van der Waals surface area contributed by atoms with Crippen molar-refractivity contribution in [3.05, 3.63) is 40.3 Å². The monoisotopic (exact) mass is 472 g/mol. The molecule has 33 heavy (non-hydrogen) atoms. The zero-order valence-corrected chi connectivity index (χ0v) is 20.2. The van der Waals surface area contributed by atoms with Crippen LogP contribution in [0.1, 0.15) is 35.3 Å². The van der Waals surface area contributed by atoms with E-state index in [2.05, 4.69) is 20.9 Å². The van der Waals surface area contributed by atoms with Gasteiger partial charge in [0.2, 0.25) is 0 Å². The second kappa shape index (κ2) is 11.0. The first-order chi connectivity index (χ1) is 16.1. The van der Waals surface area contributed by atoms with Crippen molar-refractivity contribution in [1.29, 1.82) is 0 Å². The molecule has 0 unspecified atom stereocenters. The van der Waals surface area contributed by atoms with E-state index in [0.29, 0.717) is 38.2 Å². The van der Waals surface area contributed by atoms with Crippen molar-refractivity contribution < 1.29 is 19.1 Å². The number of rotatable bonds is 7. The molecule has 2 aliphatic rings. The summed E-state index contributed by atoms with van der Waals surface area (Å²) < 4.78 is 10.6. The molecule has 0 saturated carbocycles. The number of anilines is 1. The predicted molar refractivity (Wildman–Crippen MR) is 128 cm³/mol. The number of thiazole rings is 1. The van der Waals surface area contributed by atoms with Gasteiger partial charge in [-0.25, -0.2) is 4.98 Å². The van der Waals surface area contributed by atoms with Gasteiger partial charge in [0.1, 0.15) is 16.5 Å². The number of esters is 1. The molecule has 1 aromatic carbocycles. The number of piperazine rings is 1.